The van der Waals surface area contributed by atoms with Gasteiger partial charge in [-0.1, -0.05) is 37.6 Å². The van der Waals surface area contributed by atoms with Crippen LogP contribution < -0.4 is 0 Å². The lowest BCUT2D eigenvalue weighted by Gasteiger charge is -2.20. The predicted octanol–water partition coefficient (Wildman–Crippen LogP) is 3.62. The molecule has 0 radical (unpaired) electrons. The molecule has 0 saturated heterocycles. The quantitative estimate of drug-likeness (QED) is 0.841. The van der Waals surface area contributed by atoms with Crippen LogP contribution in [0.3, 0.4) is 0 Å². The van der Waals surface area contributed by atoms with Crippen LogP contribution in [0.4, 0.5) is 0 Å². The smallest absolute Gasteiger partial charge is 0.282 e. The van der Waals surface area contributed by atoms with Crippen molar-refractivity contribution < 1.29 is 4.79 Å². The summed E-state index contributed by atoms with van der Waals surface area (Å²) in [5.74, 6) is -0.142. The average molecular weight is 333 g/mol. The van der Waals surface area contributed by atoms with Crippen LogP contribution >= 0.6 is 23.4 Å². The summed E-state index contributed by atoms with van der Waals surface area (Å²) in [6.07, 6.45) is 1.63. The first-order chi connectivity index (χ1) is 10.5. The Morgan fingerprint density at radius 1 is 1.32 bits per heavy atom. The Hall–Kier alpha value is -1.92. The maximum absolute atomic E-state index is 12.2. The molecule has 2 aliphatic heterocycles. The fraction of sp³-hybridized carbons (Fsp3) is 0.200. The van der Waals surface area contributed by atoms with Gasteiger partial charge in [-0.3, -0.25) is 10.2 Å². The first kappa shape index (κ1) is 15.0. The van der Waals surface area contributed by atoms with Crippen molar-refractivity contribution in [2.75, 3.05) is 0 Å². The number of amidine groups is 2. The van der Waals surface area contributed by atoms with Crippen LogP contribution in [0.2, 0.25) is 5.02 Å². The third-order valence-corrected chi connectivity index (χ3v) is 4.61. The number of benzene rings is 1. The maximum Gasteiger partial charge on any atom is 0.283 e. The molecule has 3 rings (SSSR count). The van der Waals surface area contributed by atoms with Crippen molar-refractivity contribution in [1.82, 2.24) is 5.01 Å². The zero-order chi connectivity index (χ0) is 15.9. The summed E-state index contributed by atoms with van der Waals surface area (Å²) in [5.41, 5.74) is 1.01. The monoisotopic (exact) mass is 332 g/mol. The zero-order valence-corrected chi connectivity index (χ0v) is 13.6. The molecule has 0 fully saturated rings. The highest BCUT2D eigenvalue weighted by Gasteiger charge is 2.36. The molecule has 0 spiro atoms. The molecule has 0 saturated carbocycles. The van der Waals surface area contributed by atoms with Gasteiger partial charge in [0, 0.05) is 10.9 Å². The Balaban J connectivity index is 1.97. The van der Waals surface area contributed by atoms with Gasteiger partial charge in [0.2, 0.25) is 5.17 Å². The summed E-state index contributed by atoms with van der Waals surface area (Å²) in [5, 5.41) is 16.0. The van der Waals surface area contributed by atoms with E-state index in [1.165, 1.54) is 16.8 Å². The average Bonchev–Trinajstić information content (AvgIpc) is 2.90. The van der Waals surface area contributed by atoms with E-state index in [0.29, 0.717) is 10.2 Å². The summed E-state index contributed by atoms with van der Waals surface area (Å²) >= 11 is 7.19. The molecule has 0 aromatic heterocycles. The first-order valence-electron chi connectivity index (χ1n) is 6.71. The number of amides is 1. The molecule has 0 atom stereocenters. The number of hydrogen-bond donors (Lipinski definition) is 1. The van der Waals surface area contributed by atoms with Crippen LogP contribution in [-0.2, 0) is 4.79 Å². The molecule has 5 nitrogen and oxygen atoms in total. The molecule has 1 aromatic carbocycles. The SMILES string of the molecule is CC(C)C1=NN2C(=N)/C(=C/c3ccc(Cl)cc3)C(=O)N=C2S1. The van der Waals surface area contributed by atoms with Gasteiger partial charge in [-0.05, 0) is 35.5 Å². The van der Waals surface area contributed by atoms with E-state index in [-0.39, 0.29) is 17.3 Å². The van der Waals surface area contributed by atoms with E-state index in [2.05, 4.69) is 10.1 Å². The first-order valence-corrected chi connectivity index (χ1v) is 7.91. The minimum Gasteiger partial charge on any atom is -0.282 e. The molecule has 7 heteroatoms. The maximum atomic E-state index is 12.2. The number of halogens is 1. The van der Waals surface area contributed by atoms with Crippen LogP contribution in [0, 0.1) is 11.3 Å². The topological polar surface area (TPSA) is 68.9 Å². The second kappa shape index (κ2) is 5.70. The van der Waals surface area contributed by atoms with Gasteiger partial charge in [-0.25, -0.2) is 0 Å². The lowest BCUT2D eigenvalue weighted by Crippen LogP contribution is -2.35. The predicted molar refractivity (Wildman–Crippen MR) is 91.3 cm³/mol. The highest BCUT2D eigenvalue weighted by molar-refractivity contribution is 8.27. The van der Waals surface area contributed by atoms with E-state index in [0.717, 1.165) is 10.6 Å². The number of hydrogen-bond acceptors (Lipinski definition) is 4. The number of aliphatic imine (C=N–C) groups is 1. The largest absolute Gasteiger partial charge is 0.283 e. The molecule has 2 aliphatic rings. The van der Waals surface area contributed by atoms with Crippen molar-refractivity contribution >= 4 is 51.4 Å². The summed E-state index contributed by atoms with van der Waals surface area (Å²) in [6, 6.07) is 7.05. The number of carbonyl (C=O) groups excluding carboxylic acids is 1. The molecule has 0 aliphatic carbocycles. The van der Waals surface area contributed by atoms with Crippen molar-refractivity contribution in [3.63, 3.8) is 0 Å². The number of fused-ring (bicyclic) bond motifs is 1. The fourth-order valence-corrected chi connectivity index (χ4v) is 2.98. The van der Waals surface area contributed by atoms with Crippen LogP contribution in [0.15, 0.2) is 39.9 Å². The molecular weight excluding hydrogens is 320 g/mol. The van der Waals surface area contributed by atoms with Gasteiger partial charge >= 0.3 is 0 Å². The second-order valence-electron chi connectivity index (χ2n) is 5.16. The molecule has 1 amide bonds. The molecule has 112 valence electrons. The molecule has 22 heavy (non-hydrogen) atoms. The number of rotatable bonds is 2. The lowest BCUT2D eigenvalue weighted by molar-refractivity contribution is -0.114. The zero-order valence-electron chi connectivity index (χ0n) is 12.0. The van der Waals surface area contributed by atoms with E-state index in [9.17, 15) is 4.79 Å². The van der Waals surface area contributed by atoms with Gasteiger partial charge in [-0.15, -0.1) is 0 Å². The van der Waals surface area contributed by atoms with E-state index in [1.54, 1.807) is 30.3 Å². The van der Waals surface area contributed by atoms with Gasteiger partial charge in [-0.2, -0.15) is 15.1 Å². The van der Waals surface area contributed by atoms with Crippen LogP contribution in [0.5, 0.6) is 0 Å². The molecule has 0 unspecified atom stereocenters. The standard InChI is InChI=1S/C15H13ClN4OS/c1-8(2)14-19-20-12(17)11(13(21)18-15(20)22-14)7-9-3-5-10(16)6-4-9/h3-8,17H,1-2H3/b11-7-,17-12?. The van der Waals surface area contributed by atoms with Gasteiger partial charge in [0.1, 0.15) is 5.04 Å². The Morgan fingerprint density at radius 2 is 2.00 bits per heavy atom. The third kappa shape index (κ3) is 2.71. The highest BCUT2D eigenvalue weighted by atomic mass is 35.5. The van der Waals surface area contributed by atoms with Crippen LogP contribution in [0.25, 0.3) is 6.08 Å². The molecule has 0 bridgehead atoms. The molecule has 1 aromatic rings. The van der Waals surface area contributed by atoms with Crippen molar-refractivity contribution in [2.45, 2.75) is 13.8 Å². The molecule has 2 heterocycles. The Labute approximate surface area is 137 Å². The van der Waals surface area contributed by atoms with Gasteiger partial charge in [0.05, 0.1) is 5.57 Å². The number of nitrogens with one attached hydrogen (secondary N) is 1. The Kier molecular flexibility index (Phi) is 3.88. The molecular formula is C15H13ClN4OS. The van der Waals surface area contributed by atoms with Crippen molar-refractivity contribution in [1.29, 1.82) is 5.41 Å². The Bertz CT molecular complexity index is 749. The third-order valence-electron chi connectivity index (χ3n) is 3.15. The van der Waals surface area contributed by atoms with Crippen LogP contribution in [-0.4, -0.2) is 27.0 Å². The number of carbonyl (C=O) groups is 1. The minimum absolute atomic E-state index is 0.0492. The van der Waals surface area contributed by atoms with Gasteiger partial charge in [0.15, 0.2) is 5.84 Å². The van der Waals surface area contributed by atoms with Crippen molar-refractivity contribution in [2.24, 2.45) is 16.0 Å². The van der Waals surface area contributed by atoms with E-state index >= 15 is 0 Å². The Morgan fingerprint density at radius 3 is 2.64 bits per heavy atom. The van der Waals surface area contributed by atoms with Gasteiger partial charge < -0.3 is 0 Å². The minimum atomic E-state index is -0.418. The summed E-state index contributed by atoms with van der Waals surface area (Å²) in [4.78, 5) is 16.2. The highest BCUT2D eigenvalue weighted by Crippen LogP contribution is 2.30. The summed E-state index contributed by atoms with van der Waals surface area (Å²) in [7, 11) is 0. The normalized spacial score (nSPS) is 19.6. The van der Waals surface area contributed by atoms with E-state index < -0.39 is 5.91 Å². The lowest BCUT2D eigenvalue weighted by atomic mass is 10.1. The van der Waals surface area contributed by atoms with Crippen molar-refractivity contribution in [3.05, 3.63) is 40.4 Å². The van der Waals surface area contributed by atoms with E-state index in [4.69, 9.17) is 17.0 Å². The number of hydrazone groups is 1. The number of thioether (sulfide) groups is 1. The van der Waals surface area contributed by atoms with E-state index in [1.807, 2.05) is 13.8 Å². The number of nitrogens with zero attached hydrogens (tertiary/aromatic N) is 3. The van der Waals surface area contributed by atoms with Crippen LogP contribution in [0.1, 0.15) is 19.4 Å². The summed E-state index contributed by atoms with van der Waals surface area (Å²) < 4.78 is 0. The summed E-state index contributed by atoms with van der Waals surface area (Å²) in [6.45, 7) is 4.03. The van der Waals surface area contributed by atoms with Gasteiger partial charge in [0.25, 0.3) is 5.91 Å². The fourth-order valence-electron chi connectivity index (χ4n) is 1.97. The second-order valence-corrected chi connectivity index (χ2v) is 6.59. The molecule has 1 N–H and O–H groups in total. The van der Waals surface area contributed by atoms with Crippen molar-refractivity contribution in [3.8, 4) is 0 Å².